The number of benzene rings is 1. The van der Waals surface area contributed by atoms with Crippen LogP contribution >= 0.6 is 0 Å². The third-order valence-corrected chi connectivity index (χ3v) is 7.49. The van der Waals surface area contributed by atoms with E-state index in [1.807, 2.05) is 4.90 Å². The summed E-state index contributed by atoms with van der Waals surface area (Å²) in [4.78, 5) is 45.0. The number of hydrogen-bond acceptors (Lipinski definition) is 5. The van der Waals surface area contributed by atoms with Crippen LogP contribution in [0.15, 0.2) is 24.3 Å². The highest BCUT2D eigenvalue weighted by atomic mass is 19.1. The molecule has 5 rings (SSSR count). The summed E-state index contributed by atoms with van der Waals surface area (Å²) in [7, 11) is 0. The van der Waals surface area contributed by atoms with E-state index in [1.165, 1.54) is 24.3 Å². The van der Waals surface area contributed by atoms with Crippen LogP contribution in [0.5, 0.6) is 0 Å². The standard InChI is InChI=1S/C24H30FN3O5/c25-19-6-4-18(5-7-19)22(30)28-20(23(31)27-12-14-32-15-13-27)16-33-24(28)8-10-26(11-9-24)21(29)17-2-1-3-17/h4-7,17,20H,1-3,8-16H2. The lowest BCUT2D eigenvalue weighted by atomic mass is 9.83. The summed E-state index contributed by atoms with van der Waals surface area (Å²) in [6, 6.07) is 4.62. The highest BCUT2D eigenvalue weighted by Crippen LogP contribution is 2.40. The Morgan fingerprint density at radius 2 is 1.55 bits per heavy atom. The van der Waals surface area contributed by atoms with Crippen molar-refractivity contribution in [2.45, 2.75) is 43.9 Å². The van der Waals surface area contributed by atoms with Crippen molar-refractivity contribution in [2.24, 2.45) is 5.92 Å². The third kappa shape index (κ3) is 4.12. The van der Waals surface area contributed by atoms with E-state index in [2.05, 4.69) is 0 Å². The maximum atomic E-state index is 13.7. The van der Waals surface area contributed by atoms with Crippen molar-refractivity contribution in [2.75, 3.05) is 46.0 Å². The highest BCUT2D eigenvalue weighted by molar-refractivity contribution is 5.98. The van der Waals surface area contributed by atoms with Crippen molar-refractivity contribution in [1.82, 2.24) is 14.7 Å². The smallest absolute Gasteiger partial charge is 0.256 e. The van der Waals surface area contributed by atoms with Crippen LogP contribution in [0.4, 0.5) is 4.39 Å². The lowest BCUT2D eigenvalue weighted by molar-refractivity contribution is -0.150. The molecule has 1 aromatic rings. The molecule has 0 N–H and O–H groups in total. The quantitative estimate of drug-likeness (QED) is 0.687. The first-order valence-electron chi connectivity index (χ1n) is 11.9. The minimum Gasteiger partial charge on any atom is -0.378 e. The molecule has 3 heterocycles. The van der Waals surface area contributed by atoms with Gasteiger partial charge in [-0.3, -0.25) is 19.3 Å². The molecule has 0 aromatic heterocycles. The van der Waals surface area contributed by atoms with Crippen LogP contribution in [0.2, 0.25) is 0 Å². The van der Waals surface area contributed by atoms with Gasteiger partial charge in [0.25, 0.3) is 5.91 Å². The fourth-order valence-corrected chi connectivity index (χ4v) is 5.27. The molecule has 1 saturated carbocycles. The van der Waals surface area contributed by atoms with Gasteiger partial charge < -0.3 is 19.3 Å². The Bertz CT molecular complexity index is 905. The molecule has 1 spiro atoms. The molecule has 0 radical (unpaired) electrons. The van der Waals surface area contributed by atoms with Crippen LogP contribution in [0.3, 0.4) is 0 Å². The second-order valence-corrected chi connectivity index (χ2v) is 9.35. The van der Waals surface area contributed by atoms with Gasteiger partial charge in [0.2, 0.25) is 11.8 Å². The van der Waals surface area contributed by atoms with Gasteiger partial charge in [0.05, 0.1) is 19.8 Å². The second kappa shape index (κ2) is 9.02. The number of carbonyl (C=O) groups excluding carboxylic acids is 3. The Kier molecular flexibility index (Phi) is 6.09. The van der Waals surface area contributed by atoms with Crippen molar-refractivity contribution in [3.05, 3.63) is 35.6 Å². The molecule has 1 aliphatic carbocycles. The number of nitrogens with zero attached hydrogens (tertiary/aromatic N) is 3. The lowest BCUT2D eigenvalue weighted by Gasteiger charge is -2.46. The van der Waals surface area contributed by atoms with Crippen LogP contribution in [-0.4, -0.2) is 90.2 Å². The van der Waals surface area contributed by atoms with Gasteiger partial charge in [-0.1, -0.05) is 6.42 Å². The first kappa shape index (κ1) is 22.3. The number of morpholine rings is 1. The monoisotopic (exact) mass is 459 g/mol. The molecule has 3 amide bonds. The van der Waals surface area contributed by atoms with Crippen molar-refractivity contribution in [3.8, 4) is 0 Å². The molecule has 1 atom stereocenters. The summed E-state index contributed by atoms with van der Waals surface area (Å²) in [5, 5.41) is 0. The maximum absolute atomic E-state index is 13.7. The van der Waals surface area contributed by atoms with E-state index < -0.39 is 17.6 Å². The number of piperidine rings is 1. The maximum Gasteiger partial charge on any atom is 0.256 e. The summed E-state index contributed by atoms with van der Waals surface area (Å²) in [6.07, 6.45) is 3.89. The summed E-state index contributed by atoms with van der Waals surface area (Å²) in [5.74, 6) is -0.623. The zero-order valence-corrected chi connectivity index (χ0v) is 18.7. The van der Waals surface area contributed by atoms with Gasteiger partial charge in [-0.05, 0) is 37.1 Å². The van der Waals surface area contributed by atoms with Crippen LogP contribution in [0.1, 0.15) is 42.5 Å². The van der Waals surface area contributed by atoms with E-state index in [-0.39, 0.29) is 30.2 Å². The fourth-order valence-electron chi connectivity index (χ4n) is 5.27. The van der Waals surface area contributed by atoms with Gasteiger partial charge in [0.1, 0.15) is 17.6 Å². The van der Waals surface area contributed by atoms with E-state index in [4.69, 9.17) is 9.47 Å². The first-order valence-corrected chi connectivity index (χ1v) is 11.9. The molecule has 1 unspecified atom stereocenters. The number of carbonyl (C=O) groups is 3. The van der Waals surface area contributed by atoms with Crippen LogP contribution in [0.25, 0.3) is 0 Å². The Labute approximate surface area is 192 Å². The van der Waals surface area contributed by atoms with Gasteiger partial charge in [-0.15, -0.1) is 0 Å². The molecule has 8 nitrogen and oxygen atoms in total. The van der Waals surface area contributed by atoms with E-state index in [1.54, 1.807) is 9.80 Å². The fraction of sp³-hybridized carbons (Fsp3) is 0.625. The molecular weight excluding hydrogens is 429 g/mol. The Morgan fingerprint density at radius 1 is 0.909 bits per heavy atom. The Morgan fingerprint density at radius 3 is 2.15 bits per heavy atom. The van der Waals surface area contributed by atoms with E-state index in [0.29, 0.717) is 57.8 Å². The Hall–Kier alpha value is -2.52. The summed E-state index contributed by atoms with van der Waals surface area (Å²) < 4.78 is 25.1. The van der Waals surface area contributed by atoms with Crippen molar-refractivity contribution >= 4 is 17.7 Å². The minimum absolute atomic E-state index is 0.111. The van der Waals surface area contributed by atoms with Gasteiger partial charge in [0.15, 0.2) is 0 Å². The topological polar surface area (TPSA) is 79.4 Å². The normalized spacial score (nSPS) is 25.2. The number of hydrogen-bond donors (Lipinski definition) is 0. The van der Waals surface area contributed by atoms with E-state index >= 15 is 0 Å². The Balaban J connectivity index is 1.39. The molecule has 9 heteroatoms. The van der Waals surface area contributed by atoms with Gasteiger partial charge in [-0.25, -0.2) is 4.39 Å². The zero-order chi connectivity index (χ0) is 23.0. The molecule has 4 fully saturated rings. The van der Waals surface area contributed by atoms with Crippen LogP contribution in [-0.2, 0) is 19.1 Å². The number of halogens is 1. The van der Waals surface area contributed by atoms with Crippen molar-refractivity contribution < 1.29 is 28.2 Å². The SMILES string of the molecule is O=C(C1CCC1)N1CCC2(CC1)OCC(C(=O)N1CCOCC1)N2C(=O)c1ccc(F)cc1. The summed E-state index contributed by atoms with van der Waals surface area (Å²) in [6.45, 7) is 2.97. The highest BCUT2D eigenvalue weighted by Gasteiger charge is 2.55. The number of ether oxygens (including phenoxy) is 2. The lowest BCUT2D eigenvalue weighted by Crippen LogP contribution is -2.61. The zero-order valence-electron chi connectivity index (χ0n) is 18.7. The molecular formula is C24H30FN3O5. The average molecular weight is 460 g/mol. The average Bonchev–Trinajstić information content (AvgIpc) is 3.17. The van der Waals surface area contributed by atoms with E-state index in [0.717, 1.165) is 19.3 Å². The second-order valence-electron chi connectivity index (χ2n) is 9.35. The summed E-state index contributed by atoms with van der Waals surface area (Å²) >= 11 is 0. The van der Waals surface area contributed by atoms with Gasteiger partial charge >= 0.3 is 0 Å². The minimum atomic E-state index is -0.950. The molecule has 1 aromatic carbocycles. The summed E-state index contributed by atoms with van der Waals surface area (Å²) in [5.41, 5.74) is -0.636. The molecule has 33 heavy (non-hydrogen) atoms. The van der Waals surface area contributed by atoms with Gasteiger partial charge in [0, 0.05) is 50.5 Å². The number of amides is 3. The number of rotatable bonds is 3. The molecule has 0 bridgehead atoms. The van der Waals surface area contributed by atoms with Crippen LogP contribution < -0.4 is 0 Å². The third-order valence-electron chi connectivity index (χ3n) is 7.49. The van der Waals surface area contributed by atoms with Crippen LogP contribution in [0, 0.1) is 11.7 Å². The largest absolute Gasteiger partial charge is 0.378 e. The van der Waals surface area contributed by atoms with Crippen molar-refractivity contribution in [1.29, 1.82) is 0 Å². The van der Waals surface area contributed by atoms with Gasteiger partial charge in [-0.2, -0.15) is 0 Å². The number of likely N-dealkylation sites (tertiary alicyclic amines) is 1. The molecule has 4 aliphatic rings. The van der Waals surface area contributed by atoms with Crippen molar-refractivity contribution in [3.63, 3.8) is 0 Å². The predicted octanol–water partition coefficient (Wildman–Crippen LogP) is 1.64. The van der Waals surface area contributed by atoms with E-state index in [9.17, 15) is 18.8 Å². The molecule has 3 saturated heterocycles. The predicted molar refractivity (Wildman–Crippen MR) is 116 cm³/mol. The first-order chi connectivity index (χ1) is 16.0. The molecule has 178 valence electrons. The molecule has 3 aliphatic heterocycles.